The number of carbonyl (C=O) groups is 2. The number of fused-ring (bicyclic) bond motifs is 1. The van der Waals surface area contributed by atoms with Crippen molar-refractivity contribution in [2.24, 2.45) is 0 Å². The van der Waals surface area contributed by atoms with Crippen molar-refractivity contribution in [3.63, 3.8) is 0 Å². The van der Waals surface area contributed by atoms with E-state index in [0.717, 1.165) is 29.9 Å². The molecule has 0 radical (unpaired) electrons. The van der Waals surface area contributed by atoms with E-state index in [1.54, 1.807) is 24.3 Å². The number of aliphatic carboxylic acids is 1. The highest BCUT2D eigenvalue weighted by Crippen LogP contribution is 2.37. The molecule has 0 unspecified atom stereocenters. The third kappa shape index (κ3) is 3.96. The lowest BCUT2D eigenvalue weighted by atomic mass is 10.1. The summed E-state index contributed by atoms with van der Waals surface area (Å²) in [7, 11) is 0. The molecule has 0 atom stereocenters. The topological polar surface area (TPSA) is 72.8 Å². The van der Waals surface area contributed by atoms with Gasteiger partial charge in [0.15, 0.2) is 17.3 Å². The summed E-state index contributed by atoms with van der Waals surface area (Å²) >= 11 is 2.91. The maximum atomic E-state index is 12.4. The van der Waals surface area contributed by atoms with Gasteiger partial charge in [-0.3, -0.25) is 4.79 Å². The van der Waals surface area contributed by atoms with Gasteiger partial charge in [-0.25, -0.2) is 4.79 Å². The van der Waals surface area contributed by atoms with Crippen LogP contribution in [0.5, 0.6) is 11.5 Å². The summed E-state index contributed by atoms with van der Waals surface area (Å²) < 4.78 is 11.1. The molecular formula is C17H16O5S2. The highest BCUT2D eigenvalue weighted by molar-refractivity contribution is 8.22. The van der Waals surface area contributed by atoms with E-state index in [-0.39, 0.29) is 12.4 Å². The number of ketones is 1. The molecule has 1 aromatic carbocycles. The summed E-state index contributed by atoms with van der Waals surface area (Å²) in [6.45, 7) is 0.186. The van der Waals surface area contributed by atoms with Crippen LogP contribution in [-0.2, 0) is 9.59 Å². The van der Waals surface area contributed by atoms with Crippen LogP contribution in [-0.4, -0.2) is 35.2 Å². The molecule has 2 aliphatic rings. The Balaban J connectivity index is 1.80. The minimum atomic E-state index is -1.17. The number of ether oxygens (including phenoxy) is 2. The Bertz CT molecular complexity index is 714. The quantitative estimate of drug-likeness (QED) is 0.497. The molecule has 1 fully saturated rings. The van der Waals surface area contributed by atoms with Crippen molar-refractivity contribution in [2.75, 3.05) is 18.3 Å². The SMILES string of the molecule is O=C(O)C(C(=O)C=Cc1ccc2c(c1)OCO2)=C1SCCCCS1. The normalized spacial score (nSPS) is 16.9. The number of rotatable bonds is 4. The first-order chi connectivity index (χ1) is 11.6. The maximum Gasteiger partial charge on any atom is 0.341 e. The van der Waals surface area contributed by atoms with Crippen LogP contribution < -0.4 is 9.47 Å². The first kappa shape index (κ1) is 17.0. The molecule has 126 valence electrons. The largest absolute Gasteiger partial charge is 0.477 e. The van der Waals surface area contributed by atoms with Crippen LogP contribution in [0.1, 0.15) is 18.4 Å². The minimum absolute atomic E-state index is 0.135. The standard InChI is InChI=1S/C17H16O5S2/c18-12(15(16(19)20)17-23-7-1-2-8-24-17)5-3-11-4-6-13-14(9-11)22-10-21-13/h3-6,9H,1-2,7-8,10H2,(H,19,20). The third-order valence-corrected chi connectivity index (χ3v) is 6.12. The van der Waals surface area contributed by atoms with Gasteiger partial charge in [0.05, 0.1) is 4.24 Å². The Morgan fingerprint density at radius 1 is 1.08 bits per heavy atom. The molecule has 0 aliphatic carbocycles. The van der Waals surface area contributed by atoms with Crippen molar-refractivity contribution in [2.45, 2.75) is 12.8 Å². The fraction of sp³-hybridized carbons (Fsp3) is 0.294. The predicted octanol–water partition coefficient (Wildman–Crippen LogP) is 3.55. The lowest BCUT2D eigenvalue weighted by molar-refractivity contribution is -0.134. The second-order valence-electron chi connectivity index (χ2n) is 5.18. The smallest absolute Gasteiger partial charge is 0.341 e. The molecule has 0 aromatic heterocycles. The van der Waals surface area contributed by atoms with Gasteiger partial charge >= 0.3 is 5.97 Å². The number of carboxylic acid groups (broad SMARTS) is 1. The molecule has 2 heterocycles. The van der Waals surface area contributed by atoms with Gasteiger partial charge in [-0.1, -0.05) is 12.1 Å². The van der Waals surface area contributed by atoms with Gasteiger partial charge in [-0.15, -0.1) is 23.5 Å². The number of hydrogen-bond donors (Lipinski definition) is 1. The van der Waals surface area contributed by atoms with E-state index < -0.39 is 11.8 Å². The van der Waals surface area contributed by atoms with E-state index >= 15 is 0 Å². The molecule has 0 amide bonds. The average Bonchev–Trinajstić information content (AvgIpc) is 2.87. The number of benzene rings is 1. The van der Waals surface area contributed by atoms with Crippen LogP contribution in [0.3, 0.4) is 0 Å². The van der Waals surface area contributed by atoms with Gasteiger partial charge in [0.25, 0.3) is 0 Å². The predicted molar refractivity (Wildman–Crippen MR) is 95.4 cm³/mol. The van der Waals surface area contributed by atoms with Gasteiger partial charge in [-0.05, 0) is 48.1 Å². The van der Waals surface area contributed by atoms with E-state index in [4.69, 9.17) is 9.47 Å². The number of carbonyl (C=O) groups excluding carboxylic acids is 1. The molecule has 24 heavy (non-hydrogen) atoms. The lowest BCUT2D eigenvalue weighted by Gasteiger charge is -2.06. The summed E-state index contributed by atoms with van der Waals surface area (Å²) in [5, 5.41) is 9.44. The Hall–Kier alpha value is -1.86. The number of allylic oxidation sites excluding steroid dienone is 1. The molecule has 2 aliphatic heterocycles. The summed E-state index contributed by atoms with van der Waals surface area (Å²) in [5.74, 6) is 1.31. The van der Waals surface area contributed by atoms with Crippen LogP contribution in [0.2, 0.25) is 0 Å². The van der Waals surface area contributed by atoms with Crippen molar-refractivity contribution in [3.8, 4) is 11.5 Å². The molecule has 0 saturated carbocycles. The summed E-state index contributed by atoms with van der Waals surface area (Å²) in [6, 6.07) is 5.31. The van der Waals surface area contributed by atoms with Gasteiger partial charge < -0.3 is 14.6 Å². The molecule has 1 saturated heterocycles. The van der Waals surface area contributed by atoms with Crippen molar-refractivity contribution < 1.29 is 24.2 Å². The zero-order valence-corrected chi connectivity index (χ0v) is 14.5. The molecular weight excluding hydrogens is 348 g/mol. The van der Waals surface area contributed by atoms with Gasteiger partial charge in [-0.2, -0.15) is 0 Å². The Morgan fingerprint density at radius 2 is 1.79 bits per heavy atom. The molecule has 3 rings (SSSR count). The van der Waals surface area contributed by atoms with Crippen LogP contribution >= 0.6 is 23.5 Å². The fourth-order valence-electron chi connectivity index (χ4n) is 2.29. The first-order valence-corrected chi connectivity index (χ1v) is 9.47. The van der Waals surface area contributed by atoms with Crippen molar-refractivity contribution in [1.29, 1.82) is 0 Å². The summed E-state index contributed by atoms with van der Waals surface area (Å²) in [6.07, 6.45) is 4.98. The minimum Gasteiger partial charge on any atom is -0.477 e. The van der Waals surface area contributed by atoms with Gasteiger partial charge in [0.2, 0.25) is 6.79 Å². The van der Waals surface area contributed by atoms with Crippen LogP contribution in [0.25, 0.3) is 6.08 Å². The lowest BCUT2D eigenvalue weighted by Crippen LogP contribution is -2.11. The molecule has 5 nitrogen and oxygen atoms in total. The van der Waals surface area contributed by atoms with Crippen molar-refractivity contribution >= 4 is 41.4 Å². The van der Waals surface area contributed by atoms with Crippen molar-refractivity contribution in [1.82, 2.24) is 0 Å². The van der Waals surface area contributed by atoms with E-state index in [2.05, 4.69) is 0 Å². The summed E-state index contributed by atoms with van der Waals surface area (Å²) in [4.78, 5) is 23.9. The second kappa shape index (κ2) is 7.81. The number of thioether (sulfide) groups is 2. The maximum absolute atomic E-state index is 12.4. The molecule has 0 spiro atoms. The van der Waals surface area contributed by atoms with Crippen LogP contribution in [0.4, 0.5) is 0 Å². The fourth-order valence-corrected chi connectivity index (χ4v) is 4.85. The Morgan fingerprint density at radius 3 is 2.50 bits per heavy atom. The van der Waals surface area contributed by atoms with Crippen molar-refractivity contribution in [3.05, 3.63) is 39.6 Å². The van der Waals surface area contributed by atoms with Crippen LogP contribution in [0.15, 0.2) is 34.1 Å². The first-order valence-electron chi connectivity index (χ1n) is 7.50. The summed E-state index contributed by atoms with van der Waals surface area (Å²) in [5.41, 5.74) is 0.618. The van der Waals surface area contributed by atoms with E-state index in [1.165, 1.54) is 29.6 Å². The van der Waals surface area contributed by atoms with E-state index in [1.807, 2.05) is 0 Å². The molecule has 0 bridgehead atoms. The second-order valence-corrected chi connectivity index (χ2v) is 7.65. The molecule has 7 heteroatoms. The average molecular weight is 364 g/mol. The molecule has 1 N–H and O–H groups in total. The van der Waals surface area contributed by atoms with Gasteiger partial charge in [0.1, 0.15) is 5.57 Å². The zero-order valence-electron chi connectivity index (χ0n) is 12.8. The van der Waals surface area contributed by atoms with E-state index in [0.29, 0.717) is 15.7 Å². The molecule has 1 aromatic rings. The number of hydrogen-bond acceptors (Lipinski definition) is 6. The Labute approximate surface area is 148 Å². The highest BCUT2D eigenvalue weighted by atomic mass is 32.2. The zero-order chi connectivity index (χ0) is 16.9. The highest BCUT2D eigenvalue weighted by Gasteiger charge is 2.22. The Kier molecular flexibility index (Phi) is 5.52. The monoisotopic (exact) mass is 364 g/mol. The number of carboxylic acids is 1. The third-order valence-electron chi connectivity index (χ3n) is 3.49. The van der Waals surface area contributed by atoms with Gasteiger partial charge in [0, 0.05) is 0 Å². The van der Waals surface area contributed by atoms with Crippen LogP contribution in [0, 0.1) is 0 Å². The van der Waals surface area contributed by atoms with E-state index in [9.17, 15) is 14.7 Å².